The summed E-state index contributed by atoms with van der Waals surface area (Å²) >= 11 is 3.47. The molecule has 0 unspecified atom stereocenters. The molecular formula is C24H25BrN2O6. The maximum atomic E-state index is 13.3. The zero-order chi connectivity index (χ0) is 24.1. The van der Waals surface area contributed by atoms with E-state index in [2.05, 4.69) is 15.9 Å². The molecule has 3 rings (SSSR count). The molecule has 0 radical (unpaired) electrons. The zero-order valence-electron chi connectivity index (χ0n) is 18.8. The Labute approximate surface area is 200 Å². The molecule has 1 fully saturated rings. The first-order valence-corrected chi connectivity index (χ1v) is 11.1. The predicted octanol–water partition coefficient (Wildman–Crippen LogP) is 4.27. The van der Waals surface area contributed by atoms with E-state index in [9.17, 15) is 14.4 Å². The molecule has 4 amide bonds. The van der Waals surface area contributed by atoms with Crippen LogP contribution in [0.2, 0.25) is 0 Å². The number of anilines is 1. The number of methoxy groups -OCH3 is 2. The first-order valence-electron chi connectivity index (χ1n) is 10.3. The van der Waals surface area contributed by atoms with E-state index >= 15 is 0 Å². The van der Waals surface area contributed by atoms with E-state index in [1.165, 1.54) is 20.3 Å². The Balaban J connectivity index is 2.09. The average Bonchev–Trinajstić information content (AvgIpc) is 2.78. The first-order chi connectivity index (χ1) is 15.8. The summed E-state index contributed by atoms with van der Waals surface area (Å²) < 4.78 is 16.9. The Bertz CT molecular complexity index is 1080. The lowest BCUT2D eigenvalue weighted by atomic mass is 10.0. The Kier molecular flexibility index (Phi) is 7.88. The summed E-state index contributed by atoms with van der Waals surface area (Å²) in [5, 5.41) is 0. The summed E-state index contributed by atoms with van der Waals surface area (Å²) in [6.45, 7) is 3.94. The smallest absolute Gasteiger partial charge is 0.338 e. The number of carbonyl (C=O) groups is 3. The van der Waals surface area contributed by atoms with Gasteiger partial charge in [0.1, 0.15) is 5.57 Å². The van der Waals surface area contributed by atoms with Crippen LogP contribution in [0.15, 0.2) is 52.5 Å². The fraction of sp³-hybridized carbons (Fsp3) is 0.292. The van der Waals surface area contributed by atoms with Crippen LogP contribution in [0.4, 0.5) is 10.5 Å². The molecule has 174 valence electrons. The Morgan fingerprint density at radius 3 is 2.33 bits per heavy atom. The summed E-state index contributed by atoms with van der Waals surface area (Å²) in [4.78, 5) is 41.5. The van der Waals surface area contributed by atoms with Gasteiger partial charge in [0.25, 0.3) is 11.8 Å². The second kappa shape index (κ2) is 10.6. The lowest BCUT2D eigenvalue weighted by Crippen LogP contribution is -2.57. The van der Waals surface area contributed by atoms with Crippen LogP contribution in [0.3, 0.4) is 0 Å². The molecule has 1 heterocycles. The molecule has 2 aromatic carbocycles. The Hall–Kier alpha value is -3.17. The van der Waals surface area contributed by atoms with Crippen LogP contribution in [-0.2, 0) is 14.3 Å². The van der Waals surface area contributed by atoms with Crippen molar-refractivity contribution in [1.29, 1.82) is 0 Å². The van der Waals surface area contributed by atoms with E-state index in [0.717, 1.165) is 9.80 Å². The van der Waals surface area contributed by atoms with Gasteiger partial charge in [-0.1, -0.05) is 18.2 Å². The first kappa shape index (κ1) is 24.5. The van der Waals surface area contributed by atoms with Gasteiger partial charge in [-0.2, -0.15) is 0 Å². The normalized spacial score (nSPS) is 15.6. The number of carbonyl (C=O) groups excluding carboxylic acids is 3. The third kappa shape index (κ3) is 5.26. The van der Waals surface area contributed by atoms with Gasteiger partial charge in [0.2, 0.25) is 0 Å². The van der Waals surface area contributed by atoms with E-state index in [-0.39, 0.29) is 24.8 Å². The number of hydrogen-bond donors (Lipinski definition) is 0. The van der Waals surface area contributed by atoms with Crippen molar-refractivity contribution in [2.45, 2.75) is 20.0 Å². The number of rotatable bonds is 8. The lowest BCUT2D eigenvalue weighted by Gasteiger charge is -2.33. The number of amides is 4. The molecule has 1 aliphatic rings. The number of barbiturate groups is 1. The third-order valence-corrected chi connectivity index (χ3v) is 5.37. The van der Waals surface area contributed by atoms with Crippen LogP contribution < -0.4 is 14.4 Å². The number of halogens is 1. The number of benzene rings is 2. The number of nitrogens with zero attached hydrogens (tertiary/aromatic N) is 2. The topological polar surface area (TPSA) is 85.4 Å². The van der Waals surface area contributed by atoms with Crippen molar-refractivity contribution in [3.05, 3.63) is 58.1 Å². The molecule has 2 aromatic rings. The molecule has 0 aromatic heterocycles. The maximum absolute atomic E-state index is 13.3. The molecule has 0 N–H and O–H groups in total. The van der Waals surface area contributed by atoms with E-state index in [1.807, 2.05) is 13.8 Å². The molecule has 0 atom stereocenters. The highest BCUT2D eigenvalue weighted by Crippen LogP contribution is 2.38. The molecule has 0 saturated carbocycles. The molecular weight excluding hydrogens is 492 g/mol. The summed E-state index contributed by atoms with van der Waals surface area (Å²) in [6.07, 6.45) is 1.36. The van der Waals surface area contributed by atoms with Crippen LogP contribution in [0.1, 0.15) is 19.4 Å². The molecule has 0 aliphatic carbocycles. The minimum absolute atomic E-state index is 0.0102. The van der Waals surface area contributed by atoms with Crippen molar-refractivity contribution < 1.29 is 28.6 Å². The molecule has 33 heavy (non-hydrogen) atoms. The molecule has 0 spiro atoms. The Morgan fingerprint density at radius 1 is 1.03 bits per heavy atom. The van der Waals surface area contributed by atoms with Crippen LogP contribution in [-0.4, -0.2) is 56.2 Å². The van der Waals surface area contributed by atoms with Crippen LogP contribution in [0.25, 0.3) is 6.08 Å². The van der Waals surface area contributed by atoms with E-state index < -0.39 is 17.8 Å². The highest BCUT2D eigenvalue weighted by atomic mass is 79.9. The maximum Gasteiger partial charge on any atom is 0.338 e. The second-order valence-corrected chi connectivity index (χ2v) is 8.32. The lowest BCUT2D eigenvalue weighted by molar-refractivity contribution is -0.129. The van der Waals surface area contributed by atoms with Gasteiger partial charge in [0.15, 0.2) is 11.5 Å². The number of imide groups is 2. The highest BCUT2D eigenvalue weighted by Gasteiger charge is 2.42. The summed E-state index contributed by atoms with van der Waals surface area (Å²) in [5.74, 6) is -0.444. The van der Waals surface area contributed by atoms with Gasteiger partial charge in [-0.25, -0.2) is 9.69 Å². The fourth-order valence-corrected chi connectivity index (χ4v) is 3.85. The fourth-order valence-electron chi connectivity index (χ4n) is 3.30. The van der Waals surface area contributed by atoms with E-state index in [0.29, 0.717) is 27.2 Å². The minimum atomic E-state index is -0.718. The van der Waals surface area contributed by atoms with Crippen LogP contribution in [0, 0.1) is 0 Å². The average molecular weight is 517 g/mol. The van der Waals surface area contributed by atoms with Crippen molar-refractivity contribution in [2.75, 3.05) is 32.3 Å². The number of ether oxygens (including phenoxy) is 3. The summed E-state index contributed by atoms with van der Waals surface area (Å²) in [7, 11) is 2.98. The SMILES string of the molecule is COCCN1C(=O)/C(=C/c2cc(Br)c(OC(C)C)c(OC)c2)C(=O)N(c2ccccc2)C1=O. The largest absolute Gasteiger partial charge is 0.493 e. The third-order valence-electron chi connectivity index (χ3n) is 4.78. The van der Waals surface area contributed by atoms with Crippen molar-refractivity contribution in [3.8, 4) is 11.5 Å². The van der Waals surface area contributed by atoms with Gasteiger partial charge in [-0.15, -0.1) is 0 Å². The summed E-state index contributed by atoms with van der Waals surface area (Å²) in [6, 6.07) is 11.1. The van der Waals surface area contributed by atoms with Gasteiger partial charge in [-0.3, -0.25) is 14.5 Å². The quantitative estimate of drug-likeness (QED) is 0.384. The molecule has 9 heteroatoms. The number of para-hydroxylation sites is 1. The molecule has 1 saturated heterocycles. The number of urea groups is 1. The standard InChI is InChI=1S/C24H25BrN2O6/c1-15(2)33-21-19(25)13-16(14-20(21)32-4)12-18-22(28)26(10-11-31-3)24(30)27(23(18)29)17-8-6-5-7-9-17/h5-9,12-15H,10-11H2,1-4H3/b18-12-. The van der Waals surface area contributed by atoms with Crippen LogP contribution in [0.5, 0.6) is 11.5 Å². The molecule has 1 aliphatic heterocycles. The monoisotopic (exact) mass is 516 g/mol. The minimum Gasteiger partial charge on any atom is -0.493 e. The molecule has 8 nitrogen and oxygen atoms in total. The van der Waals surface area contributed by atoms with Crippen LogP contribution >= 0.6 is 15.9 Å². The van der Waals surface area contributed by atoms with Gasteiger partial charge >= 0.3 is 6.03 Å². The molecule has 0 bridgehead atoms. The van der Waals surface area contributed by atoms with Gasteiger partial charge in [-0.05, 0) is 65.7 Å². The number of hydrogen-bond acceptors (Lipinski definition) is 6. The van der Waals surface area contributed by atoms with Crippen molar-refractivity contribution in [3.63, 3.8) is 0 Å². The van der Waals surface area contributed by atoms with Crippen molar-refractivity contribution in [1.82, 2.24) is 4.90 Å². The Morgan fingerprint density at radius 2 is 1.73 bits per heavy atom. The zero-order valence-corrected chi connectivity index (χ0v) is 20.4. The van der Waals surface area contributed by atoms with Gasteiger partial charge in [0.05, 0.1) is 36.5 Å². The van der Waals surface area contributed by atoms with Crippen molar-refractivity contribution in [2.24, 2.45) is 0 Å². The second-order valence-electron chi connectivity index (χ2n) is 7.47. The van der Waals surface area contributed by atoms with Gasteiger partial charge < -0.3 is 14.2 Å². The van der Waals surface area contributed by atoms with Crippen molar-refractivity contribution >= 4 is 45.5 Å². The predicted molar refractivity (Wildman–Crippen MR) is 127 cm³/mol. The van der Waals surface area contributed by atoms with E-state index in [1.54, 1.807) is 42.5 Å². The highest BCUT2D eigenvalue weighted by molar-refractivity contribution is 9.10. The van der Waals surface area contributed by atoms with E-state index in [4.69, 9.17) is 14.2 Å². The van der Waals surface area contributed by atoms with Gasteiger partial charge in [0, 0.05) is 7.11 Å². The summed E-state index contributed by atoms with van der Waals surface area (Å²) in [5.41, 5.74) is 0.745.